The summed E-state index contributed by atoms with van der Waals surface area (Å²) in [6, 6.07) is 16.3. The molecule has 39 heavy (non-hydrogen) atoms. The van der Waals surface area contributed by atoms with E-state index in [1.807, 2.05) is 13.8 Å². The van der Waals surface area contributed by atoms with Crippen LogP contribution in [0.15, 0.2) is 71.8 Å². The molecule has 0 atom stereocenters. The number of carboxylic acid groups (broad SMARTS) is 1. The number of rotatable bonds is 7. The van der Waals surface area contributed by atoms with E-state index >= 15 is 0 Å². The molecule has 0 bridgehead atoms. The number of hydrogen-bond acceptors (Lipinski definition) is 5. The van der Waals surface area contributed by atoms with Crippen LogP contribution in [0.25, 0.3) is 16.8 Å². The molecule has 10 heteroatoms. The molecule has 0 aliphatic carbocycles. The minimum atomic E-state index is -3.45. The van der Waals surface area contributed by atoms with Gasteiger partial charge >= 0.3 is 5.97 Å². The lowest BCUT2D eigenvalue weighted by Crippen LogP contribution is -2.26. The molecule has 1 aromatic heterocycles. The number of nitrogens with zero attached hydrogens (tertiary/aromatic N) is 2. The second-order valence-electron chi connectivity index (χ2n) is 10.4. The number of imidazole rings is 1. The maximum atomic E-state index is 12.5. The van der Waals surface area contributed by atoms with Gasteiger partial charge < -0.3 is 14.8 Å². The standard InChI is InChI=1S/C29H28Cl2N2O5S/c1-28(2,25-21(30)10-7-11-22(25)31)27-32-24(29(3,4)36)16-33(27)23-13-12-18(15-20(23)26(34)35)17-8-6-9-19(14-17)39(5,37)38/h6-16,36H,1-5H3,(H,34,35). The van der Waals surface area contributed by atoms with Gasteiger partial charge in [-0.1, -0.05) is 47.5 Å². The summed E-state index contributed by atoms with van der Waals surface area (Å²) >= 11 is 13.1. The quantitative estimate of drug-likeness (QED) is 0.256. The molecule has 0 saturated carbocycles. The van der Waals surface area contributed by atoms with Gasteiger partial charge in [-0.05, 0) is 75.2 Å². The molecular formula is C29H28Cl2N2O5S. The summed E-state index contributed by atoms with van der Waals surface area (Å²) in [5, 5.41) is 21.9. The maximum Gasteiger partial charge on any atom is 0.337 e. The molecule has 7 nitrogen and oxygen atoms in total. The van der Waals surface area contributed by atoms with E-state index in [4.69, 9.17) is 28.2 Å². The van der Waals surface area contributed by atoms with Gasteiger partial charge in [0.25, 0.3) is 0 Å². The van der Waals surface area contributed by atoms with E-state index in [1.54, 1.807) is 67.1 Å². The SMILES string of the molecule is CC(C)(O)c1cn(-c2ccc(-c3cccc(S(C)(=O)=O)c3)cc2C(=O)O)c(C(C)(C)c2c(Cl)cccc2Cl)n1. The lowest BCUT2D eigenvalue weighted by atomic mass is 9.83. The van der Waals surface area contributed by atoms with E-state index in [9.17, 15) is 23.4 Å². The number of hydrogen-bond donors (Lipinski definition) is 2. The monoisotopic (exact) mass is 586 g/mol. The first-order chi connectivity index (χ1) is 18.0. The van der Waals surface area contributed by atoms with Crippen LogP contribution in [0, 0.1) is 0 Å². The molecule has 0 spiro atoms. The Morgan fingerprint density at radius 2 is 1.51 bits per heavy atom. The van der Waals surface area contributed by atoms with Crippen molar-refractivity contribution in [2.24, 2.45) is 0 Å². The molecule has 1 heterocycles. The van der Waals surface area contributed by atoms with Gasteiger partial charge in [0.2, 0.25) is 0 Å². The number of sulfone groups is 1. The summed E-state index contributed by atoms with van der Waals surface area (Å²) in [6.07, 6.45) is 2.72. The smallest absolute Gasteiger partial charge is 0.337 e. The van der Waals surface area contributed by atoms with Gasteiger partial charge in [-0.2, -0.15) is 0 Å². The Morgan fingerprint density at radius 3 is 2.08 bits per heavy atom. The first-order valence-corrected chi connectivity index (χ1v) is 14.6. The Bertz CT molecular complexity index is 1680. The van der Waals surface area contributed by atoms with Crippen LogP contribution in [0.2, 0.25) is 10.0 Å². The van der Waals surface area contributed by atoms with Crippen LogP contribution >= 0.6 is 23.2 Å². The van der Waals surface area contributed by atoms with Crippen molar-refractivity contribution in [1.29, 1.82) is 0 Å². The molecule has 0 aliphatic rings. The van der Waals surface area contributed by atoms with Crippen molar-refractivity contribution in [1.82, 2.24) is 9.55 Å². The Kier molecular flexibility index (Phi) is 7.46. The topological polar surface area (TPSA) is 109 Å². The van der Waals surface area contributed by atoms with Gasteiger partial charge in [0.1, 0.15) is 11.4 Å². The van der Waals surface area contributed by atoms with Crippen molar-refractivity contribution in [3.63, 3.8) is 0 Å². The fourth-order valence-corrected chi connectivity index (χ4v) is 6.05. The van der Waals surface area contributed by atoms with Gasteiger partial charge in [-0.3, -0.25) is 0 Å². The van der Waals surface area contributed by atoms with E-state index in [2.05, 4.69) is 0 Å². The molecule has 0 radical (unpaired) electrons. The minimum absolute atomic E-state index is 0.0424. The van der Waals surface area contributed by atoms with Crippen molar-refractivity contribution in [3.05, 3.63) is 99.6 Å². The van der Waals surface area contributed by atoms with Crippen LogP contribution in [0.5, 0.6) is 0 Å². The van der Waals surface area contributed by atoms with E-state index in [-0.39, 0.29) is 10.5 Å². The third-order valence-corrected chi connectivity index (χ3v) is 8.30. The van der Waals surface area contributed by atoms with Crippen molar-refractivity contribution >= 4 is 39.0 Å². The molecule has 3 aromatic carbocycles. The van der Waals surface area contributed by atoms with Crippen molar-refractivity contribution < 1.29 is 23.4 Å². The zero-order chi connectivity index (χ0) is 28.9. The number of aliphatic hydroxyl groups is 1. The fraction of sp³-hybridized carbons (Fsp3) is 0.241. The van der Waals surface area contributed by atoms with Crippen LogP contribution in [0.4, 0.5) is 0 Å². The van der Waals surface area contributed by atoms with Crippen LogP contribution in [-0.4, -0.2) is 40.4 Å². The van der Waals surface area contributed by atoms with E-state index < -0.39 is 26.8 Å². The van der Waals surface area contributed by atoms with E-state index in [1.165, 1.54) is 18.2 Å². The molecular weight excluding hydrogens is 559 g/mol. The third kappa shape index (κ3) is 5.61. The molecule has 0 fully saturated rings. The molecule has 0 saturated heterocycles. The summed E-state index contributed by atoms with van der Waals surface area (Å²) in [7, 11) is -3.45. The highest BCUT2D eigenvalue weighted by atomic mass is 35.5. The average Bonchev–Trinajstić information content (AvgIpc) is 3.30. The highest BCUT2D eigenvalue weighted by Gasteiger charge is 2.36. The van der Waals surface area contributed by atoms with Crippen molar-refractivity contribution in [3.8, 4) is 16.8 Å². The molecule has 0 unspecified atom stereocenters. The zero-order valence-electron chi connectivity index (χ0n) is 22.0. The predicted molar refractivity (Wildman–Crippen MR) is 153 cm³/mol. The highest BCUT2D eigenvalue weighted by Crippen LogP contribution is 2.42. The second kappa shape index (κ2) is 10.1. The Hall–Kier alpha value is -3.17. The van der Waals surface area contributed by atoms with E-state index in [0.717, 1.165) is 6.26 Å². The predicted octanol–water partition coefficient (Wildman–Crippen LogP) is 6.50. The van der Waals surface area contributed by atoms with Crippen molar-refractivity contribution in [2.45, 2.75) is 43.6 Å². The number of aromatic nitrogens is 2. The lowest BCUT2D eigenvalue weighted by molar-refractivity contribution is 0.0696. The fourth-order valence-electron chi connectivity index (χ4n) is 4.51. The largest absolute Gasteiger partial charge is 0.478 e. The third-order valence-electron chi connectivity index (χ3n) is 6.56. The molecule has 204 valence electrons. The summed E-state index contributed by atoms with van der Waals surface area (Å²) < 4.78 is 25.8. The van der Waals surface area contributed by atoms with Gasteiger partial charge in [-0.15, -0.1) is 0 Å². The molecule has 4 rings (SSSR count). The molecule has 4 aromatic rings. The number of benzene rings is 3. The van der Waals surface area contributed by atoms with E-state index in [0.29, 0.717) is 43.9 Å². The summed E-state index contributed by atoms with van der Waals surface area (Å²) in [4.78, 5) is 17.4. The van der Waals surface area contributed by atoms with Crippen molar-refractivity contribution in [2.75, 3.05) is 6.26 Å². The Morgan fingerprint density at radius 1 is 0.923 bits per heavy atom. The van der Waals surface area contributed by atoms with Gasteiger partial charge in [-0.25, -0.2) is 18.2 Å². The Labute approximate surface area is 237 Å². The number of carboxylic acids is 1. The summed E-state index contributed by atoms with van der Waals surface area (Å²) in [6.45, 7) is 6.93. The Balaban J connectivity index is 1.98. The van der Waals surface area contributed by atoms with Crippen LogP contribution < -0.4 is 0 Å². The van der Waals surface area contributed by atoms with Gasteiger partial charge in [0.05, 0.1) is 27.3 Å². The summed E-state index contributed by atoms with van der Waals surface area (Å²) in [5.74, 6) is -0.770. The normalized spacial score (nSPS) is 12.5. The number of carbonyl (C=O) groups is 1. The maximum absolute atomic E-state index is 12.5. The lowest BCUT2D eigenvalue weighted by Gasteiger charge is -2.28. The minimum Gasteiger partial charge on any atom is -0.478 e. The van der Waals surface area contributed by atoms with Gasteiger partial charge in [0.15, 0.2) is 9.84 Å². The second-order valence-corrected chi connectivity index (χ2v) is 13.3. The molecule has 2 N–H and O–H groups in total. The zero-order valence-corrected chi connectivity index (χ0v) is 24.4. The average molecular weight is 588 g/mol. The van der Waals surface area contributed by atoms with Crippen LogP contribution in [0.1, 0.15) is 55.1 Å². The van der Waals surface area contributed by atoms with Crippen LogP contribution in [0.3, 0.4) is 0 Å². The van der Waals surface area contributed by atoms with Crippen LogP contribution in [-0.2, 0) is 20.9 Å². The molecule has 0 aliphatic heterocycles. The molecule has 0 amide bonds. The highest BCUT2D eigenvalue weighted by molar-refractivity contribution is 7.90. The number of halogens is 2. The number of aromatic carboxylic acids is 1. The first kappa shape index (κ1) is 28.8. The van der Waals surface area contributed by atoms with Gasteiger partial charge in [0, 0.05) is 28.1 Å². The summed E-state index contributed by atoms with van der Waals surface area (Å²) in [5.41, 5.74) is 0.0488. The first-order valence-electron chi connectivity index (χ1n) is 12.0.